The highest BCUT2D eigenvalue weighted by Gasteiger charge is 2.57. The van der Waals surface area contributed by atoms with Crippen LogP contribution in [0, 0.1) is 12.8 Å². The van der Waals surface area contributed by atoms with Crippen LogP contribution in [0.3, 0.4) is 0 Å². The molecule has 2 aliphatic rings. The molecule has 0 heterocycles. The van der Waals surface area contributed by atoms with Gasteiger partial charge in [-0.1, -0.05) is 52.9 Å². The number of para-hydroxylation sites is 1. The van der Waals surface area contributed by atoms with Crippen LogP contribution in [0.4, 0.5) is 0 Å². The third kappa shape index (κ3) is 2.24. The summed E-state index contributed by atoms with van der Waals surface area (Å²) in [5, 5.41) is 10.6. The van der Waals surface area contributed by atoms with Crippen LogP contribution in [-0.4, -0.2) is 21.0 Å². The summed E-state index contributed by atoms with van der Waals surface area (Å²) in [5.74, 6) is -0.954. The SMILES string of the molecule is C=CC1=CC[C@H]2C(=O)C=C(C)C(=O)[C@@]2(Br)[C@H]1c1cccc(C)c1O. The van der Waals surface area contributed by atoms with E-state index in [1.54, 1.807) is 19.1 Å². The molecule has 0 radical (unpaired) electrons. The number of benzene rings is 1. The van der Waals surface area contributed by atoms with E-state index in [0.717, 1.165) is 11.1 Å². The third-order valence-corrected chi connectivity index (χ3v) is 6.44. The first kappa shape index (κ1) is 16.9. The van der Waals surface area contributed by atoms with E-state index in [0.29, 0.717) is 17.6 Å². The largest absolute Gasteiger partial charge is 0.507 e. The number of carbonyl (C=O) groups excluding carboxylic acids is 2. The van der Waals surface area contributed by atoms with Crippen molar-refractivity contribution in [1.29, 1.82) is 0 Å². The molecule has 3 rings (SSSR count). The van der Waals surface area contributed by atoms with E-state index in [-0.39, 0.29) is 17.3 Å². The van der Waals surface area contributed by atoms with Crippen molar-refractivity contribution < 1.29 is 14.7 Å². The van der Waals surface area contributed by atoms with Crippen LogP contribution in [0.5, 0.6) is 5.75 Å². The zero-order chi connectivity index (χ0) is 17.6. The molecular formula is C20H19BrO3. The molecule has 1 aromatic carbocycles. The normalized spacial score (nSPS) is 29.6. The molecule has 0 unspecified atom stereocenters. The molecule has 0 fully saturated rings. The quantitative estimate of drug-likeness (QED) is 0.776. The van der Waals surface area contributed by atoms with Crippen LogP contribution < -0.4 is 0 Å². The highest BCUT2D eigenvalue weighted by molar-refractivity contribution is 9.10. The summed E-state index contributed by atoms with van der Waals surface area (Å²) in [6.45, 7) is 7.34. The Kier molecular flexibility index (Phi) is 4.12. The first-order valence-corrected chi connectivity index (χ1v) is 8.68. The Hall–Kier alpha value is -1.94. The Balaban J connectivity index is 2.29. The zero-order valence-electron chi connectivity index (χ0n) is 13.7. The van der Waals surface area contributed by atoms with Crippen LogP contribution in [-0.2, 0) is 9.59 Å². The number of phenols is 1. The molecule has 1 aromatic rings. The lowest BCUT2D eigenvalue weighted by Crippen LogP contribution is -2.53. The number of hydrogen-bond acceptors (Lipinski definition) is 3. The first-order valence-electron chi connectivity index (χ1n) is 7.89. The number of allylic oxidation sites excluding steroid dienone is 5. The van der Waals surface area contributed by atoms with Gasteiger partial charge in [0.05, 0.1) is 0 Å². The number of halogens is 1. The smallest absolute Gasteiger partial charge is 0.177 e. The van der Waals surface area contributed by atoms with E-state index in [4.69, 9.17) is 0 Å². The summed E-state index contributed by atoms with van der Waals surface area (Å²) >= 11 is 3.65. The van der Waals surface area contributed by atoms with Gasteiger partial charge in [0.2, 0.25) is 0 Å². The summed E-state index contributed by atoms with van der Waals surface area (Å²) in [5.41, 5.74) is 2.66. The van der Waals surface area contributed by atoms with Gasteiger partial charge in [-0.15, -0.1) is 0 Å². The number of ketones is 2. The minimum atomic E-state index is -1.09. The van der Waals surface area contributed by atoms with E-state index >= 15 is 0 Å². The van der Waals surface area contributed by atoms with Crippen molar-refractivity contribution in [3.8, 4) is 5.75 Å². The fourth-order valence-corrected chi connectivity index (χ4v) is 5.04. The number of aromatic hydroxyl groups is 1. The standard InChI is InChI=1S/C20H19BrO3/c1-4-13-8-9-15-16(22)10-12(3)19(24)20(15,21)17(13)14-7-5-6-11(2)18(14)23/h4-8,10,15,17,23H,1,9H2,2-3H3/t15-,17+,20-/m0/s1. The van der Waals surface area contributed by atoms with Crippen molar-refractivity contribution in [2.75, 3.05) is 0 Å². The minimum Gasteiger partial charge on any atom is -0.507 e. The van der Waals surface area contributed by atoms with Gasteiger partial charge in [0.25, 0.3) is 0 Å². The van der Waals surface area contributed by atoms with Crippen molar-refractivity contribution >= 4 is 27.5 Å². The van der Waals surface area contributed by atoms with E-state index in [9.17, 15) is 14.7 Å². The van der Waals surface area contributed by atoms with Gasteiger partial charge < -0.3 is 5.11 Å². The van der Waals surface area contributed by atoms with Crippen molar-refractivity contribution in [2.45, 2.75) is 30.5 Å². The number of carbonyl (C=O) groups is 2. The molecule has 0 saturated carbocycles. The average Bonchev–Trinajstić information content (AvgIpc) is 2.55. The van der Waals surface area contributed by atoms with Crippen LogP contribution in [0.25, 0.3) is 0 Å². The van der Waals surface area contributed by atoms with Crippen LogP contribution in [0.15, 0.2) is 54.2 Å². The van der Waals surface area contributed by atoms with Crippen molar-refractivity contribution in [3.63, 3.8) is 0 Å². The second kappa shape index (κ2) is 5.85. The zero-order valence-corrected chi connectivity index (χ0v) is 15.3. The average molecular weight is 387 g/mol. The molecule has 24 heavy (non-hydrogen) atoms. The molecule has 0 saturated heterocycles. The van der Waals surface area contributed by atoms with Crippen LogP contribution in [0.1, 0.15) is 30.4 Å². The van der Waals surface area contributed by atoms with E-state index in [1.807, 2.05) is 25.1 Å². The predicted octanol–water partition coefficient (Wildman–Crippen LogP) is 4.15. The lowest BCUT2D eigenvalue weighted by Gasteiger charge is -2.45. The number of Topliss-reactive ketones (excluding diaryl/α,β-unsaturated/α-hetero) is 1. The summed E-state index contributed by atoms with van der Waals surface area (Å²) in [6, 6.07) is 5.47. The highest BCUT2D eigenvalue weighted by atomic mass is 79.9. The molecule has 0 aromatic heterocycles. The maximum atomic E-state index is 13.1. The summed E-state index contributed by atoms with van der Waals surface area (Å²) in [4.78, 5) is 25.6. The second-order valence-electron chi connectivity index (χ2n) is 6.47. The maximum absolute atomic E-state index is 13.1. The van der Waals surface area contributed by atoms with E-state index in [1.165, 1.54) is 6.08 Å². The highest BCUT2D eigenvalue weighted by Crippen LogP contribution is 2.55. The predicted molar refractivity (Wildman–Crippen MR) is 97.4 cm³/mol. The Bertz CT molecular complexity index is 818. The van der Waals surface area contributed by atoms with Crippen molar-refractivity contribution in [1.82, 2.24) is 0 Å². The monoisotopic (exact) mass is 386 g/mol. The third-order valence-electron chi connectivity index (χ3n) is 5.07. The van der Waals surface area contributed by atoms with Crippen LogP contribution in [0.2, 0.25) is 0 Å². The second-order valence-corrected chi connectivity index (χ2v) is 7.78. The minimum absolute atomic E-state index is 0.0551. The molecule has 0 aliphatic heterocycles. The molecule has 3 nitrogen and oxygen atoms in total. The molecule has 1 N–H and O–H groups in total. The Morgan fingerprint density at radius 1 is 1.33 bits per heavy atom. The molecule has 0 amide bonds. The van der Waals surface area contributed by atoms with Gasteiger partial charge in [-0.3, -0.25) is 9.59 Å². The lowest BCUT2D eigenvalue weighted by molar-refractivity contribution is -0.128. The summed E-state index contributed by atoms with van der Waals surface area (Å²) in [7, 11) is 0. The number of fused-ring (bicyclic) bond motifs is 1. The topological polar surface area (TPSA) is 54.4 Å². The Morgan fingerprint density at radius 3 is 2.71 bits per heavy atom. The fourth-order valence-electron chi connectivity index (χ4n) is 3.80. The van der Waals surface area contributed by atoms with Gasteiger partial charge in [-0.05, 0) is 43.1 Å². The Labute approximate surface area is 149 Å². The molecular weight excluding hydrogens is 368 g/mol. The molecule has 2 aliphatic carbocycles. The van der Waals surface area contributed by atoms with Crippen molar-refractivity contribution in [3.05, 3.63) is 65.3 Å². The van der Waals surface area contributed by atoms with Gasteiger partial charge in [0, 0.05) is 17.4 Å². The molecule has 124 valence electrons. The Morgan fingerprint density at radius 2 is 2.04 bits per heavy atom. The number of alkyl halides is 1. The lowest BCUT2D eigenvalue weighted by atomic mass is 9.62. The number of rotatable bonds is 2. The van der Waals surface area contributed by atoms with E-state index < -0.39 is 16.2 Å². The first-order chi connectivity index (χ1) is 11.3. The van der Waals surface area contributed by atoms with Crippen LogP contribution >= 0.6 is 15.9 Å². The molecule has 0 spiro atoms. The number of phenolic OH excluding ortho intramolecular Hbond substituents is 1. The summed E-state index contributed by atoms with van der Waals surface area (Å²) in [6.07, 6.45) is 5.57. The molecule has 3 atom stereocenters. The van der Waals surface area contributed by atoms with Gasteiger partial charge in [0.1, 0.15) is 10.1 Å². The number of hydrogen-bond donors (Lipinski definition) is 1. The van der Waals surface area contributed by atoms with E-state index in [2.05, 4.69) is 22.5 Å². The molecule has 4 heteroatoms. The van der Waals surface area contributed by atoms with Gasteiger partial charge >= 0.3 is 0 Å². The molecule has 0 bridgehead atoms. The summed E-state index contributed by atoms with van der Waals surface area (Å²) < 4.78 is -1.09. The number of aryl methyl sites for hydroxylation is 1. The van der Waals surface area contributed by atoms with Gasteiger partial charge in [-0.25, -0.2) is 0 Å². The van der Waals surface area contributed by atoms with Gasteiger partial charge in [-0.2, -0.15) is 0 Å². The van der Waals surface area contributed by atoms with Crippen molar-refractivity contribution in [2.24, 2.45) is 5.92 Å². The fraction of sp³-hybridized carbons (Fsp3) is 0.300. The maximum Gasteiger partial charge on any atom is 0.177 e. The van der Waals surface area contributed by atoms with Gasteiger partial charge in [0.15, 0.2) is 11.6 Å².